The first-order valence-corrected chi connectivity index (χ1v) is 15.4. The normalized spacial score (nSPS) is 11.5. The molecule has 46 heavy (non-hydrogen) atoms. The van der Waals surface area contributed by atoms with Gasteiger partial charge in [-0.05, 0) is 55.2 Å². The van der Waals surface area contributed by atoms with Gasteiger partial charge in [-0.3, -0.25) is 4.98 Å². The standard InChI is InChI=1S/C42H26N4/c1-3-11-29(12-4-1)40-44-41(30-13-5-2-6-14-30)46-42(45-40)31-20-25-38(43-26-31)37-17-9-15-28-19-22-35-34-21-18-27-10-7-8-16-32(27)33(34)23-24-36(35)39(28)37/h1-26H. The summed E-state index contributed by atoms with van der Waals surface area (Å²) < 4.78 is 0. The van der Waals surface area contributed by atoms with E-state index in [2.05, 4.69) is 91.0 Å². The van der Waals surface area contributed by atoms with E-state index < -0.39 is 0 Å². The lowest BCUT2D eigenvalue weighted by atomic mass is 9.91. The van der Waals surface area contributed by atoms with Crippen molar-refractivity contribution in [3.05, 3.63) is 158 Å². The van der Waals surface area contributed by atoms with Gasteiger partial charge in [0.2, 0.25) is 0 Å². The van der Waals surface area contributed by atoms with E-state index >= 15 is 0 Å². The molecule has 2 heterocycles. The van der Waals surface area contributed by atoms with Crippen molar-refractivity contribution in [2.75, 3.05) is 0 Å². The van der Waals surface area contributed by atoms with Gasteiger partial charge < -0.3 is 0 Å². The first kappa shape index (κ1) is 26.2. The zero-order valence-electron chi connectivity index (χ0n) is 24.8. The predicted molar refractivity (Wildman–Crippen MR) is 189 cm³/mol. The van der Waals surface area contributed by atoms with Crippen LogP contribution < -0.4 is 0 Å². The van der Waals surface area contributed by atoms with E-state index in [-0.39, 0.29) is 0 Å². The molecule has 214 valence electrons. The summed E-state index contributed by atoms with van der Waals surface area (Å²) in [5, 5.41) is 9.91. The summed E-state index contributed by atoms with van der Waals surface area (Å²) in [4.78, 5) is 19.6. The van der Waals surface area contributed by atoms with Gasteiger partial charge in [-0.1, -0.05) is 140 Å². The minimum Gasteiger partial charge on any atom is -0.255 e. The molecule has 0 aliphatic rings. The third-order valence-corrected chi connectivity index (χ3v) is 8.76. The maximum absolute atomic E-state index is 4.99. The van der Waals surface area contributed by atoms with E-state index in [0.717, 1.165) is 27.9 Å². The van der Waals surface area contributed by atoms with Gasteiger partial charge in [0.1, 0.15) is 0 Å². The highest BCUT2D eigenvalue weighted by molar-refractivity contribution is 6.24. The van der Waals surface area contributed by atoms with E-state index in [0.29, 0.717) is 17.5 Å². The topological polar surface area (TPSA) is 51.6 Å². The van der Waals surface area contributed by atoms with Gasteiger partial charge in [0.25, 0.3) is 0 Å². The molecule has 0 spiro atoms. The van der Waals surface area contributed by atoms with Crippen molar-refractivity contribution in [2.45, 2.75) is 0 Å². The molecule has 0 amide bonds. The maximum atomic E-state index is 4.99. The van der Waals surface area contributed by atoms with Crippen LogP contribution in [0.5, 0.6) is 0 Å². The van der Waals surface area contributed by atoms with Crippen molar-refractivity contribution < 1.29 is 0 Å². The molecular weight excluding hydrogens is 560 g/mol. The molecule has 0 bridgehead atoms. The lowest BCUT2D eigenvalue weighted by Gasteiger charge is -2.13. The van der Waals surface area contributed by atoms with Crippen molar-refractivity contribution in [3.8, 4) is 45.4 Å². The molecule has 0 saturated heterocycles. The van der Waals surface area contributed by atoms with Gasteiger partial charge in [0.15, 0.2) is 17.5 Å². The number of nitrogens with zero attached hydrogens (tertiary/aromatic N) is 4. The minimum absolute atomic E-state index is 0.592. The second-order valence-corrected chi connectivity index (χ2v) is 11.5. The highest BCUT2D eigenvalue weighted by Gasteiger charge is 2.15. The predicted octanol–water partition coefficient (Wildman–Crippen LogP) is 10.5. The largest absolute Gasteiger partial charge is 0.255 e. The monoisotopic (exact) mass is 586 g/mol. The van der Waals surface area contributed by atoms with Crippen LogP contribution in [0.25, 0.3) is 88.5 Å². The molecule has 2 aromatic heterocycles. The molecule has 0 atom stereocenters. The Hall–Kier alpha value is -6.26. The summed E-state index contributed by atoms with van der Waals surface area (Å²) in [6.07, 6.45) is 1.87. The molecule has 9 aromatic rings. The van der Waals surface area contributed by atoms with Crippen LogP contribution in [0.4, 0.5) is 0 Å². The average Bonchev–Trinajstić information content (AvgIpc) is 3.14. The Bertz CT molecular complexity index is 2500. The zero-order chi connectivity index (χ0) is 30.5. The third-order valence-electron chi connectivity index (χ3n) is 8.76. The highest BCUT2D eigenvalue weighted by atomic mass is 15.0. The van der Waals surface area contributed by atoms with Crippen LogP contribution >= 0.6 is 0 Å². The number of fused-ring (bicyclic) bond motifs is 7. The Morgan fingerprint density at radius 3 is 1.57 bits per heavy atom. The summed E-state index contributed by atoms with van der Waals surface area (Å²) >= 11 is 0. The molecule has 4 heteroatoms. The molecule has 0 unspecified atom stereocenters. The van der Waals surface area contributed by atoms with Gasteiger partial charge >= 0.3 is 0 Å². The summed E-state index contributed by atoms with van der Waals surface area (Å²) in [5.74, 6) is 1.86. The summed E-state index contributed by atoms with van der Waals surface area (Å²) in [6, 6.07) is 52.7. The van der Waals surface area contributed by atoms with Gasteiger partial charge in [0.05, 0.1) is 5.69 Å². The molecule has 0 aliphatic heterocycles. The Balaban J connectivity index is 1.18. The second-order valence-electron chi connectivity index (χ2n) is 11.5. The quantitative estimate of drug-likeness (QED) is 0.193. The van der Waals surface area contributed by atoms with Crippen LogP contribution in [0.3, 0.4) is 0 Å². The molecular formula is C42H26N4. The fraction of sp³-hybridized carbons (Fsp3) is 0. The SMILES string of the molecule is c1ccc(-c2nc(-c3ccccc3)nc(-c3ccc(-c4cccc5ccc6c7ccc8ccccc8c7ccc6c45)nc3)n2)cc1. The Morgan fingerprint density at radius 2 is 0.870 bits per heavy atom. The number of hydrogen-bond donors (Lipinski definition) is 0. The minimum atomic E-state index is 0.592. The van der Waals surface area contributed by atoms with Crippen LogP contribution in [0, 0.1) is 0 Å². The van der Waals surface area contributed by atoms with Crippen molar-refractivity contribution in [3.63, 3.8) is 0 Å². The molecule has 7 aromatic carbocycles. The van der Waals surface area contributed by atoms with Gasteiger partial charge in [0, 0.05) is 28.5 Å². The zero-order valence-corrected chi connectivity index (χ0v) is 24.8. The molecule has 0 aliphatic carbocycles. The number of aromatic nitrogens is 4. The second kappa shape index (κ2) is 10.7. The van der Waals surface area contributed by atoms with Crippen LogP contribution in [0.15, 0.2) is 158 Å². The molecule has 0 N–H and O–H groups in total. The van der Waals surface area contributed by atoms with Gasteiger partial charge in [-0.25, -0.2) is 15.0 Å². The average molecular weight is 587 g/mol. The summed E-state index contributed by atoms with van der Waals surface area (Å²) in [6.45, 7) is 0. The van der Waals surface area contributed by atoms with E-state index in [1.165, 1.54) is 43.1 Å². The van der Waals surface area contributed by atoms with Crippen LogP contribution in [0.1, 0.15) is 0 Å². The van der Waals surface area contributed by atoms with Crippen molar-refractivity contribution in [1.29, 1.82) is 0 Å². The number of hydrogen-bond acceptors (Lipinski definition) is 4. The lowest BCUT2D eigenvalue weighted by Crippen LogP contribution is -2.00. The fourth-order valence-electron chi connectivity index (χ4n) is 6.53. The maximum Gasteiger partial charge on any atom is 0.165 e. The van der Waals surface area contributed by atoms with Gasteiger partial charge in [-0.2, -0.15) is 0 Å². The first-order chi connectivity index (χ1) is 22.8. The van der Waals surface area contributed by atoms with E-state index in [9.17, 15) is 0 Å². The van der Waals surface area contributed by atoms with Gasteiger partial charge in [-0.15, -0.1) is 0 Å². The Morgan fingerprint density at radius 1 is 0.326 bits per heavy atom. The van der Waals surface area contributed by atoms with E-state index in [4.69, 9.17) is 19.9 Å². The van der Waals surface area contributed by atoms with Crippen LogP contribution in [-0.4, -0.2) is 19.9 Å². The molecule has 0 radical (unpaired) electrons. The third kappa shape index (κ3) is 4.39. The smallest absolute Gasteiger partial charge is 0.165 e. The summed E-state index contributed by atoms with van der Waals surface area (Å²) in [7, 11) is 0. The number of rotatable bonds is 4. The molecule has 4 nitrogen and oxygen atoms in total. The van der Waals surface area contributed by atoms with Crippen molar-refractivity contribution >= 4 is 43.1 Å². The fourth-order valence-corrected chi connectivity index (χ4v) is 6.53. The van der Waals surface area contributed by atoms with Crippen molar-refractivity contribution in [2.24, 2.45) is 0 Å². The van der Waals surface area contributed by atoms with E-state index in [1.807, 2.05) is 66.9 Å². The van der Waals surface area contributed by atoms with E-state index in [1.54, 1.807) is 0 Å². The first-order valence-electron chi connectivity index (χ1n) is 15.4. The van der Waals surface area contributed by atoms with Crippen LogP contribution in [0.2, 0.25) is 0 Å². The molecule has 0 saturated carbocycles. The number of benzene rings is 7. The Kier molecular flexibility index (Phi) is 6.10. The van der Waals surface area contributed by atoms with Crippen molar-refractivity contribution in [1.82, 2.24) is 19.9 Å². The summed E-state index contributed by atoms with van der Waals surface area (Å²) in [5.41, 5.74) is 4.72. The molecule has 0 fully saturated rings. The number of pyridine rings is 1. The lowest BCUT2D eigenvalue weighted by molar-refractivity contribution is 1.07. The van der Waals surface area contributed by atoms with Crippen LogP contribution in [-0.2, 0) is 0 Å². The highest BCUT2D eigenvalue weighted by Crippen LogP contribution is 2.38. The Labute approximate surface area is 265 Å². The molecule has 9 rings (SSSR count).